The van der Waals surface area contributed by atoms with Crippen LogP contribution in [0.25, 0.3) is 0 Å². The summed E-state index contributed by atoms with van der Waals surface area (Å²) in [6, 6.07) is -0.826. The van der Waals surface area contributed by atoms with Crippen molar-refractivity contribution in [1.82, 2.24) is 5.32 Å². The van der Waals surface area contributed by atoms with Gasteiger partial charge in [-0.25, -0.2) is 0 Å². The first-order valence-corrected chi connectivity index (χ1v) is 8.87. The molecule has 0 bridgehead atoms. The van der Waals surface area contributed by atoms with Crippen molar-refractivity contribution in [3.8, 4) is 0 Å². The van der Waals surface area contributed by atoms with E-state index in [2.05, 4.69) is 10.3 Å². The third-order valence-corrected chi connectivity index (χ3v) is 5.63. The van der Waals surface area contributed by atoms with Crippen LogP contribution in [0, 0.1) is 17.3 Å². The molecule has 1 saturated heterocycles. The molecule has 7 N–H and O–H groups in total. The summed E-state index contributed by atoms with van der Waals surface area (Å²) in [5, 5.41) is 2.65. The first-order chi connectivity index (χ1) is 12.2. The fourth-order valence-electron chi connectivity index (χ4n) is 4.09. The van der Waals surface area contributed by atoms with Crippen LogP contribution in [-0.2, 0) is 19.2 Å². The number of piperidine rings is 1. The van der Waals surface area contributed by atoms with Gasteiger partial charge < -0.3 is 22.5 Å². The van der Waals surface area contributed by atoms with Gasteiger partial charge >= 0.3 is 0 Å². The third kappa shape index (κ3) is 4.20. The van der Waals surface area contributed by atoms with Crippen molar-refractivity contribution in [1.29, 1.82) is 0 Å². The van der Waals surface area contributed by atoms with Gasteiger partial charge in [0.2, 0.25) is 11.8 Å². The lowest BCUT2D eigenvalue weighted by Gasteiger charge is -2.45. The van der Waals surface area contributed by atoms with Gasteiger partial charge in [-0.15, -0.1) is 0 Å². The monoisotopic (exact) mass is 365 g/mol. The molecule has 1 heterocycles. The first kappa shape index (κ1) is 19.9. The lowest BCUT2D eigenvalue weighted by molar-refractivity contribution is -0.142. The number of aliphatic imine (C=N–C) groups is 1. The molecule has 2 amide bonds. The van der Waals surface area contributed by atoms with Crippen molar-refractivity contribution >= 4 is 29.3 Å². The SMILES string of the molecule is CC1C(=O)CCC2(CC1=O)CC(C(N)=O)NC(=O)[C@@H]2CCCN=C(N)N. The second-order valence-corrected chi connectivity index (χ2v) is 7.36. The molecular weight excluding hydrogens is 338 g/mol. The minimum atomic E-state index is -0.826. The molecule has 2 rings (SSSR count). The third-order valence-electron chi connectivity index (χ3n) is 5.63. The Hall–Kier alpha value is -2.45. The topological polar surface area (TPSA) is 171 Å². The average molecular weight is 365 g/mol. The summed E-state index contributed by atoms with van der Waals surface area (Å²) < 4.78 is 0. The van der Waals surface area contributed by atoms with E-state index in [0.29, 0.717) is 25.8 Å². The zero-order valence-corrected chi connectivity index (χ0v) is 15.0. The molecule has 0 aromatic rings. The van der Waals surface area contributed by atoms with Gasteiger partial charge in [0.05, 0.1) is 5.92 Å². The van der Waals surface area contributed by atoms with Crippen LogP contribution in [0.5, 0.6) is 0 Å². The van der Waals surface area contributed by atoms with Crippen LogP contribution in [-0.4, -0.2) is 41.9 Å². The van der Waals surface area contributed by atoms with Crippen LogP contribution in [0.4, 0.5) is 0 Å². The summed E-state index contributed by atoms with van der Waals surface area (Å²) in [6.07, 6.45) is 2.00. The smallest absolute Gasteiger partial charge is 0.240 e. The van der Waals surface area contributed by atoms with Gasteiger partial charge in [0, 0.05) is 25.3 Å². The lowest BCUT2D eigenvalue weighted by atomic mass is 9.62. The van der Waals surface area contributed by atoms with Gasteiger partial charge in [0.25, 0.3) is 0 Å². The van der Waals surface area contributed by atoms with Crippen molar-refractivity contribution < 1.29 is 19.2 Å². The van der Waals surface area contributed by atoms with E-state index in [0.717, 1.165) is 0 Å². The van der Waals surface area contributed by atoms with Gasteiger partial charge in [-0.2, -0.15) is 0 Å². The van der Waals surface area contributed by atoms with E-state index < -0.39 is 29.2 Å². The Kier molecular flexibility index (Phi) is 5.99. The van der Waals surface area contributed by atoms with Crippen LogP contribution in [0.15, 0.2) is 4.99 Å². The lowest BCUT2D eigenvalue weighted by Crippen LogP contribution is -2.58. The number of hydrogen-bond donors (Lipinski definition) is 4. The van der Waals surface area contributed by atoms with E-state index in [1.165, 1.54) is 0 Å². The highest BCUT2D eigenvalue weighted by atomic mass is 16.2. The number of amides is 2. The number of rotatable bonds is 5. The number of nitrogens with two attached hydrogens (primary N) is 3. The molecule has 0 aromatic heterocycles. The Bertz CT molecular complexity index is 643. The molecule has 1 saturated carbocycles. The Morgan fingerprint density at radius 2 is 1.92 bits per heavy atom. The van der Waals surface area contributed by atoms with E-state index in [4.69, 9.17) is 17.2 Å². The zero-order chi connectivity index (χ0) is 19.5. The Morgan fingerprint density at radius 3 is 2.54 bits per heavy atom. The molecule has 9 heteroatoms. The Balaban J connectivity index is 2.28. The highest BCUT2D eigenvalue weighted by Crippen LogP contribution is 2.48. The molecular formula is C17H27N5O4. The van der Waals surface area contributed by atoms with E-state index >= 15 is 0 Å². The molecule has 4 atom stereocenters. The Morgan fingerprint density at radius 1 is 1.23 bits per heavy atom. The maximum absolute atomic E-state index is 12.7. The number of Topliss-reactive ketones (excluding diaryl/α,β-unsaturated/α-hetero) is 2. The number of nitrogens with one attached hydrogen (secondary N) is 1. The highest BCUT2D eigenvalue weighted by Gasteiger charge is 2.52. The van der Waals surface area contributed by atoms with Crippen LogP contribution < -0.4 is 22.5 Å². The summed E-state index contributed by atoms with van der Waals surface area (Å²) in [5.41, 5.74) is 15.3. The van der Waals surface area contributed by atoms with E-state index in [1.807, 2.05) is 0 Å². The maximum atomic E-state index is 12.7. The zero-order valence-electron chi connectivity index (χ0n) is 15.0. The summed E-state index contributed by atoms with van der Waals surface area (Å²) in [7, 11) is 0. The number of carbonyl (C=O) groups is 4. The average Bonchev–Trinajstić information content (AvgIpc) is 2.66. The number of primary amides is 1. The number of nitrogens with zero attached hydrogens (tertiary/aromatic N) is 1. The minimum absolute atomic E-state index is 0.0225. The molecule has 2 fully saturated rings. The van der Waals surface area contributed by atoms with Crippen LogP contribution in [0.2, 0.25) is 0 Å². The van der Waals surface area contributed by atoms with Crippen molar-refractivity contribution in [2.45, 2.75) is 51.5 Å². The molecule has 1 spiro atoms. The van der Waals surface area contributed by atoms with Gasteiger partial charge in [0.1, 0.15) is 17.6 Å². The summed E-state index contributed by atoms with van der Waals surface area (Å²) in [4.78, 5) is 52.9. The molecule has 3 unspecified atom stereocenters. The Labute approximate surface area is 152 Å². The van der Waals surface area contributed by atoms with Crippen molar-refractivity contribution in [2.24, 2.45) is 39.4 Å². The normalized spacial score (nSPS) is 32.0. The van der Waals surface area contributed by atoms with Gasteiger partial charge in [-0.3, -0.25) is 24.2 Å². The second-order valence-electron chi connectivity index (χ2n) is 7.36. The molecule has 1 aliphatic carbocycles. The highest BCUT2D eigenvalue weighted by molar-refractivity contribution is 6.03. The maximum Gasteiger partial charge on any atom is 0.240 e. The fraction of sp³-hybridized carbons (Fsp3) is 0.706. The quantitative estimate of drug-likeness (QED) is 0.210. The van der Waals surface area contributed by atoms with E-state index in [9.17, 15) is 19.2 Å². The van der Waals surface area contributed by atoms with Crippen molar-refractivity contribution in [3.05, 3.63) is 0 Å². The molecule has 9 nitrogen and oxygen atoms in total. The summed E-state index contributed by atoms with van der Waals surface area (Å²) in [6.45, 7) is 1.97. The molecule has 1 aliphatic heterocycles. The number of hydrogen-bond acceptors (Lipinski definition) is 5. The standard InChI is InChI=1S/C17H27N5O4/c1-9-12(23)4-5-17(8-13(9)24)7-11(14(18)25)22-15(26)10(17)3-2-6-21-16(19)20/h9-11H,2-8H2,1H3,(H2,18,25)(H,22,26)(H4,19,20,21)/t9?,10-,11?,17?/m0/s1. The predicted molar refractivity (Wildman–Crippen MR) is 94.6 cm³/mol. The molecule has 0 radical (unpaired) electrons. The van der Waals surface area contributed by atoms with Crippen LogP contribution in [0.3, 0.4) is 0 Å². The number of carbonyl (C=O) groups excluding carboxylic acids is 4. The van der Waals surface area contributed by atoms with Gasteiger partial charge in [-0.1, -0.05) is 0 Å². The minimum Gasteiger partial charge on any atom is -0.370 e. The molecule has 144 valence electrons. The van der Waals surface area contributed by atoms with E-state index in [-0.39, 0.29) is 42.7 Å². The van der Waals surface area contributed by atoms with Gasteiger partial charge in [-0.05, 0) is 38.0 Å². The molecule has 2 aliphatic rings. The number of guanidine groups is 1. The van der Waals surface area contributed by atoms with Crippen LogP contribution in [0.1, 0.15) is 45.4 Å². The van der Waals surface area contributed by atoms with Crippen LogP contribution >= 0.6 is 0 Å². The van der Waals surface area contributed by atoms with E-state index in [1.54, 1.807) is 6.92 Å². The fourth-order valence-corrected chi connectivity index (χ4v) is 4.09. The summed E-state index contributed by atoms with van der Waals surface area (Å²) in [5.74, 6) is -2.42. The molecule has 0 aromatic carbocycles. The first-order valence-electron chi connectivity index (χ1n) is 8.87. The largest absolute Gasteiger partial charge is 0.370 e. The van der Waals surface area contributed by atoms with Gasteiger partial charge in [0.15, 0.2) is 5.96 Å². The molecule has 26 heavy (non-hydrogen) atoms. The second kappa shape index (κ2) is 7.84. The van der Waals surface area contributed by atoms with Crippen molar-refractivity contribution in [2.75, 3.05) is 6.54 Å². The number of ketones is 2. The predicted octanol–water partition coefficient (Wildman–Crippen LogP) is -1.03. The van der Waals surface area contributed by atoms with Crippen molar-refractivity contribution in [3.63, 3.8) is 0 Å². The summed E-state index contributed by atoms with van der Waals surface area (Å²) >= 11 is 0.